The fourth-order valence-electron chi connectivity index (χ4n) is 2.84. The number of hydrogen-bond donors (Lipinski definition) is 2. The minimum atomic E-state index is 0.310. The van der Waals surface area contributed by atoms with E-state index < -0.39 is 0 Å². The lowest BCUT2D eigenvalue weighted by Crippen LogP contribution is -2.34. The van der Waals surface area contributed by atoms with Crippen LogP contribution in [0.2, 0.25) is 5.02 Å². The minimum absolute atomic E-state index is 0.310. The highest BCUT2D eigenvalue weighted by Gasteiger charge is 2.19. The van der Waals surface area contributed by atoms with Crippen LogP contribution in [0.1, 0.15) is 25.7 Å². The molecular formula is C15H18ClN3. The largest absolute Gasteiger partial charge is 0.380 e. The molecule has 0 bridgehead atoms. The van der Waals surface area contributed by atoms with Gasteiger partial charge in [0.15, 0.2) is 0 Å². The van der Waals surface area contributed by atoms with Crippen LogP contribution in [0.5, 0.6) is 0 Å². The molecule has 3 nitrogen and oxygen atoms in total. The van der Waals surface area contributed by atoms with Crippen molar-refractivity contribution in [2.24, 2.45) is 5.73 Å². The minimum Gasteiger partial charge on any atom is -0.380 e. The molecule has 2 atom stereocenters. The molecule has 1 saturated carbocycles. The van der Waals surface area contributed by atoms with Crippen LogP contribution >= 0.6 is 11.6 Å². The zero-order valence-electron chi connectivity index (χ0n) is 10.8. The molecule has 2 aromatic rings. The van der Waals surface area contributed by atoms with E-state index in [0.29, 0.717) is 12.1 Å². The zero-order valence-corrected chi connectivity index (χ0v) is 11.5. The van der Waals surface area contributed by atoms with Gasteiger partial charge < -0.3 is 11.1 Å². The Balaban J connectivity index is 1.91. The van der Waals surface area contributed by atoms with Crippen LogP contribution in [0.25, 0.3) is 10.9 Å². The number of anilines is 1. The molecule has 19 heavy (non-hydrogen) atoms. The Labute approximate surface area is 118 Å². The van der Waals surface area contributed by atoms with Gasteiger partial charge in [-0.2, -0.15) is 0 Å². The molecule has 0 amide bonds. The van der Waals surface area contributed by atoms with Gasteiger partial charge in [-0.25, -0.2) is 0 Å². The predicted molar refractivity (Wildman–Crippen MR) is 80.6 cm³/mol. The van der Waals surface area contributed by atoms with Crippen molar-refractivity contribution in [3.05, 3.63) is 35.5 Å². The lowest BCUT2D eigenvalue weighted by molar-refractivity contribution is 0.409. The summed E-state index contributed by atoms with van der Waals surface area (Å²) in [5, 5.41) is 5.37. The Bertz CT molecular complexity index is 585. The van der Waals surface area contributed by atoms with Crippen molar-refractivity contribution in [1.29, 1.82) is 0 Å². The van der Waals surface area contributed by atoms with Crippen LogP contribution in [0.3, 0.4) is 0 Å². The molecule has 0 aliphatic heterocycles. The summed E-state index contributed by atoms with van der Waals surface area (Å²) in [7, 11) is 0. The maximum absolute atomic E-state index is 6.18. The summed E-state index contributed by atoms with van der Waals surface area (Å²) in [4.78, 5) is 4.45. The average molecular weight is 276 g/mol. The third-order valence-corrected chi connectivity index (χ3v) is 3.96. The number of benzene rings is 1. The van der Waals surface area contributed by atoms with Crippen molar-refractivity contribution in [2.75, 3.05) is 5.32 Å². The van der Waals surface area contributed by atoms with Gasteiger partial charge in [-0.15, -0.1) is 0 Å². The van der Waals surface area contributed by atoms with Gasteiger partial charge >= 0.3 is 0 Å². The SMILES string of the molecule is NC1CCCC(Nc2cc(Cl)cc3cccnc23)C1. The summed E-state index contributed by atoms with van der Waals surface area (Å²) < 4.78 is 0. The van der Waals surface area contributed by atoms with E-state index >= 15 is 0 Å². The fourth-order valence-corrected chi connectivity index (χ4v) is 3.07. The van der Waals surface area contributed by atoms with Crippen LogP contribution in [-0.4, -0.2) is 17.1 Å². The third-order valence-electron chi connectivity index (χ3n) is 3.74. The molecule has 1 fully saturated rings. The van der Waals surface area contributed by atoms with E-state index in [9.17, 15) is 0 Å². The molecule has 1 heterocycles. The van der Waals surface area contributed by atoms with Crippen molar-refractivity contribution in [1.82, 2.24) is 4.98 Å². The number of nitrogens with zero attached hydrogens (tertiary/aromatic N) is 1. The highest BCUT2D eigenvalue weighted by atomic mass is 35.5. The van der Waals surface area contributed by atoms with E-state index in [1.165, 1.54) is 6.42 Å². The molecule has 0 spiro atoms. The van der Waals surface area contributed by atoms with E-state index in [4.69, 9.17) is 17.3 Å². The normalized spacial score (nSPS) is 23.5. The van der Waals surface area contributed by atoms with Gasteiger partial charge in [0.05, 0.1) is 11.2 Å². The number of hydrogen-bond acceptors (Lipinski definition) is 3. The molecule has 100 valence electrons. The number of fused-ring (bicyclic) bond motifs is 1. The van der Waals surface area contributed by atoms with Gasteiger partial charge in [-0.3, -0.25) is 4.98 Å². The smallest absolute Gasteiger partial charge is 0.0934 e. The predicted octanol–water partition coefficient (Wildman–Crippen LogP) is 3.57. The Morgan fingerprint density at radius 1 is 1.32 bits per heavy atom. The third kappa shape index (κ3) is 2.82. The quantitative estimate of drug-likeness (QED) is 0.881. The summed E-state index contributed by atoms with van der Waals surface area (Å²) in [6.45, 7) is 0. The molecule has 3 N–H and O–H groups in total. The van der Waals surface area contributed by atoms with Gasteiger partial charge in [0.1, 0.15) is 0 Å². The van der Waals surface area contributed by atoms with E-state index in [0.717, 1.165) is 40.9 Å². The van der Waals surface area contributed by atoms with Crippen LogP contribution in [0.15, 0.2) is 30.5 Å². The Morgan fingerprint density at radius 3 is 3.05 bits per heavy atom. The maximum atomic E-state index is 6.18. The molecular weight excluding hydrogens is 258 g/mol. The summed E-state index contributed by atoms with van der Waals surface area (Å²) in [6.07, 6.45) is 6.31. The number of nitrogens with two attached hydrogens (primary N) is 1. The van der Waals surface area contributed by atoms with Crippen molar-refractivity contribution in [2.45, 2.75) is 37.8 Å². The van der Waals surface area contributed by atoms with Crippen LogP contribution in [-0.2, 0) is 0 Å². The van der Waals surface area contributed by atoms with E-state index in [1.807, 2.05) is 30.5 Å². The van der Waals surface area contributed by atoms with Gasteiger partial charge in [0.25, 0.3) is 0 Å². The molecule has 4 heteroatoms. The van der Waals surface area contributed by atoms with Gasteiger partial charge in [0.2, 0.25) is 0 Å². The molecule has 1 aliphatic rings. The topological polar surface area (TPSA) is 50.9 Å². The monoisotopic (exact) mass is 275 g/mol. The first-order valence-corrected chi connectivity index (χ1v) is 7.16. The van der Waals surface area contributed by atoms with Crippen molar-refractivity contribution < 1.29 is 0 Å². The second-order valence-electron chi connectivity index (χ2n) is 5.30. The average Bonchev–Trinajstić information content (AvgIpc) is 2.38. The van der Waals surface area contributed by atoms with E-state index in [1.54, 1.807) is 0 Å². The lowest BCUT2D eigenvalue weighted by atomic mass is 9.91. The van der Waals surface area contributed by atoms with Crippen LogP contribution < -0.4 is 11.1 Å². The molecule has 3 rings (SSSR count). The lowest BCUT2D eigenvalue weighted by Gasteiger charge is -2.28. The first-order chi connectivity index (χ1) is 9.22. The highest BCUT2D eigenvalue weighted by molar-refractivity contribution is 6.31. The van der Waals surface area contributed by atoms with Gasteiger partial charge in [0, 0.05) is 28.7 Å². The van der Waals surface area contributed by atoms with Gasteiger partial charge in [-0.05, 0) is 43.9 Å². The molecule has 1 aromatic carbocycles. The second-order valence-corrected chi connectivity index (χ2v) is 5.73. The first kappa shape index (κ1) is 12.7. The Morgan fingerprint density at radius 2 is 2.21 bits per heavy atom. The number of rotatable bonds is 2. The maximum Gasteiger partial charge on any atom is 0.0934 e. The Hall–Kier alpha value is -1.32. The van der Waals surface area contributed by atoms with Crippen molar-refractivity contribution in [3.8, 4) is 0 Å². The molecule has 1 aliphatic carbocycles. The molecule has 0 radical (unpaired) electrons. The Kier molecular flexibility index (Phi) is 3.58. The van der Waals surface area contributed by atoms with Crippen LogP contribution in [0.4, 0.5) is 5.69 Å². The fraction of sp³-hybridized carbons (Fsp3) is 0.400. The number of nitrogens with one attached hydrogen (secondary N) is 1. The zero-order chi connectivity index (χ0) is 13.2. The van der Waals surface area contributed by atoms with Crippen molar-refractivity contribution >= 4 is 28.2 Å². The first-order valence-electron chi connectivity index (χ1n) is 6.79. The standard InChI is InChI=1S/C15H18ClN3/c16-11-7-10-3-2-6-18-15(10)14(8-11)19-13-5-1-4-12(17)9-13/h2-3,6-8,12-13,19H,1,4-5,9,17H2. The summed E-state index contributed by atoms with van der Waals surface area (Å²) >= 11 is 6.18. The number of aromatic nitrogens is 1. The van der Waals surface area contributed by atoms with E-state index in [-0.39, 0.29) is 0 Å². The second kappa shape index (κ2) is 5.35. The molecule has 2 unspecified atom stereocenters. The van der Waals surface area contributed by atoms with Crippen LogP contribution in [0, 0.1) is 0 Å². The summed E-state index contributed by atoms with van der Waals surface area (Å²) in [6, 6.07) is 8.60. The summed E-state index contributed by atoms with van der Waals surface area (Å²) in [5.41, 5.74) is 8.03. The molecule has 1 aromatic heterocycles. The van der Waals surface area contributed by atoms with Crippen molar-refractivity contribution in [3.63, 3.8) is 0 Å². The summed E-state index contributed by atoms with van der Waals surface area (Å²) in [5.74, 6) is 0. The number of pyridine rings is 1. The van der Waals surface area contributed by atoms with Gasteiger partial charge in [-0.1, -0.05) is 17.7 Å². The van der Waals surface area contributed by atoms with E-state index in [2.05, 4.69) is 10.3 Å². The molecule has 0 saturated heterocycles. The highest BCUT2D eigenvalue weighted by Crippen LogP contribution is 2.29. The number of halogens is 1.